The summed E-state index contributed by atoms with van der Waals surface area (Å²) >= 11 is 6.03. The Morgan fingerprint density at radius 3 is 2.77 bits per heavy atom. The number of amides is 1. The highest BCUT2D eigenvalue weighted by Gasteiger charge is 2.59. The first-order chi connectivity index (χ1) is 14.8. The van der Waals surface area contributed by atoms with Gasteiger partial charge in [0.2, 0.25) is 0 Å². The van der Waals surface area contributed by atoms with Crippen molar-refractivity contribution in [1.29, 1.82) is 0 Å². The second-order valence-corrected chi connectivity index (χ2v) is 11.5. The summed E-state index contributed by atoms with van der Waals surface area (Å²) in [5, 5.41) is 15.5. The molecule has 0 saturated heterocycles. The second-order valence-electron chi connectivity index (χ2n) is 11.1. The predicted molar refractivity (Wildman–Crippen MR) is 124 cm³/mol. The number of nitrogens with zero attached hydrogens (tertiary/aromatic N) is 1. The van der Waals surface area contributed by atoms with E-state index in [4.69, 9.17) is 11.6 Å². The fourth-order valence-corrected chi connectivity index (χ4v) is 8.21. The average molecular weight is 443 g/mol. The number of benzene rings is 1. The van der Waals surface area contributed by atoms with Crippen LogP contribution in [0.3, 0.4) is 0 Å². The van der Waals surface area contributed by atoms with E-state index in [1.807, 2.05) is 0 Å². The minimum atomic E-state index is -0.190. The molecule has 4 aliphatic carbocycles. The lowest BCUT2D eigenvalue weighted by atomic mass is 9.45. The smallest absolute Gasteiger partial charge is 0.271 e. The monoisotopic (exact) mass is 442 g/mol. The predicted octanol–water partition coefficient (Wildman–Crippen LogP) is 5.83. The van der Waals surface area contributed by atoms with Crippen molar-refractivity contribution in [2.45, 2.75) is 77.7 Å². The minimum Gasteiger partial charge on any atom is -0.393 e. The topological polar surface area (TPSA) is 61.7 Å². The van der Waals surface area contributed by atoms with Crippen LogP contribution in [0.2, 0.25) is 5.02 Å². The van der Waals surface area contributed by atoms with Crippen molar-refractivity contribution >= 4 is 23.2 Å². The van der Waals surface area contributed by atoms with Gasteiger partial charge in [0, 0.05) is 21.7 Å². The minimum absolute atomic E-state index is 0.0863. The number of aliphatic hydroxyl groups is 1. The average Bonchev–Trinajstić information content (AvgIpc) is 3.09. The van der Waals surface area contributed by atoms with Gasteiger partial charge >= 0.3 is 0 Å². The number of fused-ring (bicyclic) bond motifs is 5. The van der Waals surface area contributed by atoms with Crippen LogP contribution in [0.1, 0.15) is 82.0 Å². The number of hydrogen-bond acceptors (Lipinski definition) is 3. The SMILES string of the molecule is CC12CCC3C(CCC4CC(O)CCC43C)C1CC/C2=N/NC(=O)c1cccc(Cl)c1. The molecule has 4 saturated carbocycles. The Bertz CT molecular complexity index is 901. The molecule has 0 bridgehead atoms. The molecule has 4 fully saturated rings. The molecule has 0 spiro atoms. The Kier molecular flexibility index (Phi) is 5.45. The number of hydrogen-bond donors (Lipinski definition) is 2. The van der Waals surface area contributed by atoms with Crippen molar-refractivity contribution in [2.75, 3.05) is 0 Å². The zero-order chi connectivity index (χ0) is 21.8. The number of aliphatic hydroxyl groups excluding tert-OH is 1. The fourth-order valence-electron chi connectivity index (χ4n) is 8.02. The zero-order valence-corrected chi connectivity index (χ0v) is 19.5. The number of nitrogens with one attached hydrogen (secondary N) is 1. The van der Waals surface area contributed by atoms with Gasteiger partial charge in [-0.2, -0.15) is 5.10 Å². The third-order valence-electron chi connectivity index (χ3n) is 9.76. The molecule has 0 heterocycles. The molecule has 7 atom stereocenters. The van der Waals surface area contributed by atoms with Gasteiger partial charge in [-0.25, -0.2) is 5.43 Å². The summed E-state index contributed by atoms with van der Waals surface area (Å²) in [6, 6.07) is 7.01. The molecule has 5 rings (SSSR count). The third kappa shape index (κ3) is 3.54. The second kappa shape index (κ2) is 7.88. The Balaban J connectivity index is 1.33. The van der Waals surface area contributed by atoms with Gasteiger partial charge in [0.25, 0.3) is 5.91 Å². The highest BCUT2D eigenvalue weighted by atomic mass is 35.5. The molecular weight excluding hydrogens is 408 g/mol. The molecular formula is C26H35ClN2O2. The standard InChI is InChI=1S/C26H35ClN2O2/c1-25-12-10-19(30)15-17(25)6-7-20-21-8-9-23(26(21,2)13-11-22(20)25)28-29-24(31)16-4-3-5-18(27)14-16/h3-5,14,17,19-22,30H,6-13,15H2,1-2H3,(H,29,31)/b28-23-. The summed E-state index contributed by atoms with van der Waals surface area (Å²) in [7, 11) is 0. The van der Waals surface area contributed by atoms with Gasteiger partial charge in [-0.1, -0.05) is 31.5 Å². The summed E-state index contributed by atoms with van der Waals surface area (Å²) < 4.78 is 0. The van der Waals surface area contributed by atoms with E-state index in [1.54, 1.807) is 24.3 Å². The summed E-state index contributed by atoms with van der Waals surface area (Å²) in [5.74, 6) is 2.69. The molecule has 168 valence electrons. The first-order valence-corrected chi connectivity index (χ1v) is 12.5. The van der Waals surface area contributed by atoms with Crippen LogP contribution in [0.5, 0.6) is 0 Å². The van der Waals surface area contributed by atoms with Crippen LogP contribution in [0.25, 0.3) is 0 Å². The first kappa shape index (κ1) is 21.5. The molecule has 5 heteroatoms. The quantitative estimate of drug-likeness (QED) is 0.566. The van der Waals surface area contributed by atoms with Crippen LogP contribution in [0, 0.1) is 34.5 Å². The molecule has 0 radical (unpaired) electrons. The molecule has 4 aliphatic rings. The molecule has 0 aliphatic heterocycles. The van der Waals surface area contributed by atoms with Crippen molar-refractivity contribution < 1.29 is 9.90 Å². The van der Waals surface area contributed by atoms with Gasteiger partial charge in [0.15, 0.2) is 0 Å². The lowest BCUT2D eigenvalue weighted by molar-refractivity contribution is -0.113. The van der Waals surface area contributed by atoms with Gasteiger partial charge < -0.3 is 5.11 Å². The van der Waals surface area contributed by atoms with E-state index in [9.17, 15) is 9.90 Å². The van der Waals surface area contributed by atoms with Gasteiger partial charge in [-0.15, -0.1) is 0 Å². The van der Waals surface area contributed by atoms with Crippen LogP contribution in [0.4, 0.5) is 0 Å². The van der Waals surface area contributed by atoms with Crippen LogP contribution in [-0.4, -0.2) is 22.8 Å². The number of rotatable bonds is 2. The summed E-state index contributed by atoms with van der Waals surface area (Å²) in [5.41, 5.74) is 5.03. The van der Waals surface area contributed by atoms with Gasteiger partial charge in [-0.3, -0.25) is 4.79 Å². The highest BCUT2D eigenvalue weighted by Crippen LogP contribution is 2.65. The van der Waals surface area contributed by atoms with E-state index < -0.39 is 0 Å². The zero-order valence-electron chi connectivity index (χ0n) is 18.7. The van der Waals surface area contributed by atoms with E-state index >= 15 is 0 Å². The molecule has 0 aromatic heterocycles. The fraction of sp³-hybridized carbons (Fsp3) is 0.692. The lowest BCUT2D eigenvalue weighted by Gasteiger charge is -2.60. The van der Waals surface area contributed by atoms with E-state index in [2.05, 4.69) is 24.4 Å². The molecule has 31 heavy (non-hydrogen) atoms. The van der Waals surface area contributed by atoms with E-state index in [0.717, 1.165) is 37.5 Å². The Hall–Kier alpha value is -1.39. The van der Waals surface area contributed by atoms with Gasteiger partial charge in [0.05, 0.1) is 6.10 Å². The van der Waals surface area contributed by atoms with Crippen molar-refractivity contribution in [3.05, 3.63) is 34.9 Å². The summed E-state index contributed by atoms with van der Waals surface area (Å²) in [6.45, 7) is 4.92. The molecule has 1 amide bonds. The van der Waals surface area contributed by atoms with Crippen molar-refractivity contribution in [3.8, 4) is 0 Å². The maximum Gasteiger partial charge on any atom is 0.271 e. The number of carbonyl (C=O) groups is 1. The normalized spacial score (nSPS) is 43.1. The Morgan fingerprint density at radius 1 is 1.13 bits per heavy atom. The van der Waals surface area contributed by atoms with Crippen molar-refractivity contribution in [1.82, 2.24) is 5.43 Å². The lowest BCUT2D eigenvalue weighted by Crippen LogP contribution is -2.54. The van der Waals surface area contributed by atoms with Crippen molar-refractivity contribution in [3.63, 3.8) is 0 Å². The largest absolute Gasteiger partial charge is 0.393 e. The molecule has 7 unspecified atom stereocenters. The maximum absolute atomic E-state index is 12.6. The summed E-state index contributed by atoms with van der Waals surface area (Å²) in [6.07, 6.45) is 10.2. The molecule has 2 N–H and O–H groups in total. The number of hydrazone groups is 1. The van der Waals surface area contributed by atoms with Crippen LogP contribution >= 0.6 is 11.6 Å². The summed E-state index contributed by atoms with van der Waals surface area (Å²) in [4.78, 5) is 12.6. The first-order valence-electron chi connectivity index (χ1n) is 12.1. The van der Waals surface area contributed by atoms with E-state index in [1.165, 1.54) is 37.8 Å². The number of halogens is 1. The van der Waals surface area contributed by atoms with Crippen LogP contribution in [-0.2, 0) is 0 Å². The number of carbonyl (C=O) groups excluding carboxylic acids is 1. The van der Waals surface area contributed by atoms with Gasteiger partial charge in [0.1, 0.15) is 0 Å². The Morgan fingerprint density at radius 2 is 1.97 bits per heavy atom. The van der Waals surface area contributed by atoms with Gasteiger partial charge in [-0.05, 0) is 105 Å². The third-order valence-corrected chi connectivity index (χ3v) is 9.99. The maximum atomic E-state index is 12.6. The Labute approximate surface area is 190 Å². The van der Waals surface area contributed by atoms with Crippen LogP contribution < -0.4 is 5.43 Å². The van der Waals surface area contributed by atoms with E-state index in [0.29, 0.717) is 27.8 Å². The van der Waals surface area contributed by atoms with E-state index in [-0.39, 0.29) is 17.4 Å². The van der Waals surface area contributed by atoms with Crippen molar-refractivity contribution in [2.24, 2.45) is 39.6 Å². The molecule has 1 aromatic carbocycles. The van der Waals surface area contributed by atoms with Crippen LogP contribution in [0.15, 0.2) is 29.4 Å². The molecule has 1 aromatic rings. The highest BCUT2D eigenvalue weighted by molar-refractivity contribution is 6.30. The molecule has 4 nitrogen and oxygen atoms in total.